The van der Waals surface area contributed by atoms with Crippen LogP contribution in [0.5, 0.6) is 0 Å². The third-order valence-corrected chi connectivity index (χ3v) is 4.91. The molecule has 2 aliphatic heterocycles. The molecule has 3 rings (SSSR count). The lowest BCUT2D eigenvalue weighted by atomic mass is 9.83. The minimum Gasteiger partial charge on any atom is -0.309 e. The van der Waals surface area contributed by atoms with Crippen LogP contribution in [0.3, 0.4) is 0 Å². The summed E-state index contributed by atoms with van der Waals surface area (Å²) in [6, 6.07) is -0.150. The van der Waals surface area contributed by atoms with E-state index in [4.69, 9.17) is 0 Å². The fourth-order valence-electron chi connectivity index (χ4n) is 3.33. The Morgan fingerprint density at radius 1 is 1.35 bits per heavy atom. The van der Waals surface area contributed by atoms with Gasteiger partial charge >= 0.3 is 6.03 Å². The maximum absolute atomic E-state index is 12.9. The van der Waals surface area contributed by atoms with Gasteiger partial charge in [-0.1, -0.05) is 6.08 Å². The second-order valence-corrected chi connectivity index (χ2v) is 6.23. The molecule has 1 saturated heterocycles. The molecule has 0 bridgehead atoms. The van der Waals surface area contributed by atoms with Crippen molar-refractivity contribution in [3.05, 3.63) is 29.8 Å². The number of ketones is 1. The summed E-state index contributed by atoms with van der Waals surface area (Å²) in [5, 5.41) is 0. The van der Waals surface area contributed by atoms with Crippen LogP contribution < -0.4 is 0 Å². The number of hydrogen-bond acceptors (Lipinski definition) is 4. The Hall–Kier alpha value is -2.24. The molecule has 6 nitrogen and oxygen atoms in total. The molecule has 23 heavy (non-hydrogen) atoms. The van der Waals surface area contributed by atoms with Crippen LogP contribution in [0.4, 0.5) is 4.79 Å². The molecule has 121 valence electrons. The minimum atomic E-state index is -0.975. The molecule has 1 fully saturated rings. The summed E-state index contributed by atoms with van der Waals surface area (Å²) in [6.07, 6.45) is 10.7. The highest BCUT2D eigenvalue weighted by Gasteiger charge is 2.54. The number of nitrogens with zero attached hydrogens (tertiary/aromatic N) is 3. The number of amides is 3. The highest BCUT2D eigenvalue weighted by molar-refractivity contribution is 6.12. The summed E-state index contributed by atoms with van der Waals surface area (Å²) >= 11 is 0. The molecule has 1 aliphatic carbocycles. The van der Waals surface area contributed by atoms with Crippen LogP contribution in [0.25, 0.3) is 0 Å². The van der Waals surface area contributed by atoms with Crippen molar-refractivity contribution in [3.63, 3.8) is 0 Å². The molecule has 0 saturated carbocycles. The lowest BCUT2D eigenvalue weighted by Crippen LogP contribution is -2.47. The number of imide groups is 1. The van der Waals surface area contributed by atoms with Gasteiger partial charge in [0.1, 0.15) is 5.54 Å². The van der Waals surface area contributed by atoms with E-state index < -0.39 is 11.6 Å². The molecule has 2 heterocycles. The largest absolute Gasteiger partial charge is 0.328 e. The standard InChI is InChI=1S/C17H20N3O3/c1-17(12-7-4-3-5-8-12)15(22)20(16(23)19(17)2)11-14(21)13-9-6-10-18-13/h6-7,9-10H,3-5,8,11H2,1-2H3. The highest BCUT2D eigenvalue weighted by Crippen LogP contribution is 2.37. The number of Topliss-reactive ketones (excluding diaryl/α,β-unsaturated/α-hetero) is 1. The van der Waals surface area contributed by atoms with E-state index in [1.807, 2.05) is 0 Å². The Morgan fingerprint density at radius 3 is 2.74 bits per heavy atom. The number of likely N-dealkylation sites (N-methyl/N-ethyl adjacent to an activating group) is 1. The van der Waals surface area contributed by atoms with Crippen LogP contribution in [-0.4, -0.2) is 52.9 Å². The molecule has 0 aromatic rings. The average molecular weight is 314 g/mol. The zero-order chi connectivity index (χ0) is 16.6. The number of allylic oxidation sites excluding steroid dienone is 2. The molecular formula is C17H20N3O3. The fraction of sp³-hybridized carbons (Fsp3) is 0.471. The van der Waals surface area contributed by atoms with Crippen LogP contribution in [-0.2, 0) is 9.59 Å². The van der Waals surface area contributed by atoms with Gasteiger partial charge in [0, 0.05) is 13.3 Å². The second-order valence-electron chi connectivity index (χ2n) is 6.23. The number of rotatable bonds is 4. The molecule has 0 N–H and O–H groups in total. The first kappa shape index (κ1) is 15.6. The summed E-state index contributed by atoms with van der Waals surface area (Å²) in [7, 11) is 1.63. The van der Waals surface area contributed by atoms with Crippen molar-refractivity contribution in [2.24, 2.45) is 4.99 Å². The van der Waals surface area contributed by atoms with Crippen molar-refractivity contribution >= 4 is 23.9 Å². The molecule has 3 aliphatic rings. The predicted molar refractivity (Wildman–Crippen MR) is 85.7 cm³/mol. The summed E-state index contributed by atoms with van der Waals surface area (Å²) in [5.74, 6) is -0.648. The van der Waals surface area contributed by atoms with E-state index in [1.165, 1.54) is 11.1 Å². The summed E-state index contributed by atoms with van der Waals surface area (Å²) in [4.78, 5) is 44.1. The van der Waals surface area contributed by atoms with Gasteiger partial charge in [-0.25, -0.2) is 4.79 Å². The zero-order valence-corrected chi connectivity index (χ0v) is 13.4. The summed E-state index contributed by atoms with van der Waals surface area (Å²) < 4.78 is 0. The van der Waals surface area contributed by atoms with E-state index in [0.717, 1.165) is 36.2 Å². The highest BCUT2D eigenvalue weighted by atomic mass is 16.2. The first-order chi connectivity index (χ1) is 11.0. The summed E-state index contributed by atoms with van der Waals surface area (Å²) in [6.45, 7) is 1.51. The molecule has 0 spiro atoms. The number of aliphatic imine (C=N–C) groups is 1. The third kappa shape index (κ3) is 2.42. The van der Waals surface area contributed by atoms with Gasteiger partial charge in [-0.05, 0) is 50.3 Å². The van der Waals surface area contributed by atoms with Crippen molar-refractivity contribution < 1.29 is 14.4 Å². The number of hydrogen-bond donors (Lipinski definition) is 0. The maximum atomic E-state index is 12.9. The first-order valence-corrected chi connectivity index (χ1v) is 7.86. The lowest BCUT2D eigenvalue weighted by molar-refractivity contribution is -0.133. The molecular weight excluding hydrogens is 294 g/mol. The van der Waals surface area contributed by atoms with Gasteiger partial charge < -0.3 is 4.90 Å². The first-order valence-electron chi connectivity index (χ1n) is 7.86. The van der Waals surface area contributed by atoms with Crippen LogP contribution in [0, 0.1) is 6.04 Å². The van der Waals surface area contributed by atoms with Gasteiger partial charge in [0.05, 0.1) is 6.54 Å². The Kier molecular flexibility index (Phi) is 3.92. The van der Waals surface area contributed by atoms with Crippen molar-refractivity contribution in [1.29, 1.82) is 0 Å². The molecule has 0 aromatic carbocycles. The molecule has 1 unspecified atom stereocenters. The van der Waals surface area contributed by atoms with Crippen molar-refractivity contribution in [2.45, 2.75) is 38.1 Å². The van der Waals surface area contributed by atoms with Crippen LogP contribution in [0.15, 0.2) is 28.8 Å². The van der Waals surface area contributed by atoms with Crippen molar-refractivity contribution in [1.82, 2.24) is 9.80 Å². The van der Waals surface area contributed by atoms with Crippen LogP contribution >= 0.6 is 0 Å². The molecule has 3 amide bonds. The quantitative estimate of drug-likeness (QED) is 0.587. The van der Waals surface area contributed by atoms with E-state index >= 15 is 0 Å². The monoisotopic (exact) mass is 314 g/mol. The van der Waals surface area contributed by atoms with Gasteiger partial charge in [0.2, 0.25) is 0 Å². The SMILES string of the molecule is CN1C(=O)N(CC(=O)[C]2C=CC=N2)C(=O)C1(C)C1=CCCCC1. The number of carbonyl (C=O) groups is 3. The second kappa shape index (κ2) is 5.76. The van der Waals surface area contributed by atoms with E-state index in [9.17, 15) is 14.4 Å². The zero-order valence-electron chi connectivity index (χ0n) is 13.4. The molecule has 1 atom stereocenters. The minimum absolute atomic E-state index is 0.262. The Labute approximate surface area is 135 Å². The number of carbonyl (C=O) groups excluding carboxylic acids is 3. The van der Waals surface area contributed by atoms with Crippen LogP contribution in [0.2, 0.25) is 0 Å². The Morgan fingerprint density at radius 2 is 2.13 bits per heavy atom. The number of urea groups is 1. The van der Waals surface area contributed by atoms with Crippen molar-refractivity contribution in [2.75, 3.05) is 13.6 Å². The molecule has 6 heteroatoms. The van der Waals surface area contributed by atoms with E-state index in [2.05, 4.69) is 11.1 Å². The van der Waals surface area contributed by atoms with Gasteiger partial charge in [0.25, 0.3) is 5.91 Å². The Bertz CT molecular complexity index is 637. The van der Waals surface area contributed by atoms with E-state index in [-0.39, 0.29) is 24.3 Å². The van der Waals surface area contributed by atoms with E-state index in [0.29, 0.717) is 0 Å². The van der Waals surface area contributed by atoms with Crippen LogP contribution in [0.1, 0.15) is 32.6 Å². The maximum Gasteiger partial charge on any atom is 0.328 e. The van der Waals surface area contributed by atoms with Gasteiger partial charge in [0.15, 0.2) is 11.8 Å². The molecule has 1 radical (unpaired) electrons. The normalized spacial score (nSPS) is 28.0. The fourth-order valence-corrected chi connectivity index (χ4v) is 3.33. The Balaban J connectivity index is 1.83. The topological polar surface area (TPSA) is 70.1 Å². The van der Waals surface area contributed by atoms with Gasteiger partial charge in [-0.15, -0.1) is 0 Å². The average Bonchev–Trinajstić information content (AvgIpc) is 3.16. The third-order valence-electron chi connectivity index (χ3n) is 4.91. The predicted octanol–water partition coefficient (Wildman–Crippen LogP) is 1.88. The smallest absolute Gasteiger partial charge is 0.309 e. The van der Waals surface area contributed by atoms with Gasteiger partial charge in [-0.2, -0.15) is 0 Å². The lowest BCUT2D eigenvalue weighted by Gasteiger charge is -2.33. The van der Waals surface area contributed by atoms with E-state index in [1.54, 1.807) is 26.1 Å². The van der Waals surface area contributed by atoms with Gasteiger partial charge in [-0.3, -0.25) is 19.5 Å². The van der Waals surface area contributed by atoms with Crippen molar-refractivity contribution in [3.8, 4) is 0 Å². The summed E-state index contributed by atoms with van der Waals surface area (Å²) in [5.41, 5.74) is 0.00280. The molecule has 0 aromatic heterocycles.